The average Bonchev–Trinajstić information content (AvgIpc) is 2.40. The number of methoxy groups -OCH3 is 1. The topological polar surface area (TPSA) is 36.5 Å². The minimum atomic E-state index is 0.991. The van der Waals surface area contributed by atoms with E-state index in [0.717, 1.165) is 45.0 Å². The van der Waals surface area contributed by atoms with E-state index in [1.54, 1.807) is 7.11 Å². The Morgan fingerprint density at radius 3 is 2.42 bits per heavy atom. The molecule has 0 aliphatic carbocycles. The largest absolute Gasteiger partial charge is 0.496 e. The normalized spacial score (nSPS) is 16.4. The van der Waals surface area contributed by atoms with Gasteiger partial charge in [0.15, 0.2) is 0 Å². The van der Waals surface area contributed by atoms with E-state index in [1.165, 1.54) is 16.8 Å². The highest BCUT2D eigenvalue weighted by molar-refractivity contribution is 5.55. The predicted octanol–water partition coefficient (Wildman–Crippen LogP) is 1.63. The summed E-state index contributed by atoms with van der Waals surface area (Å²) in [7, 11) is 1.73. The predicted molar refractivity (Wildman–Crippen MR) is 80.3 cm³/mol. The minimum absolute atomic E-state index is 0.991. The molecule has 1 heterocycles. The molecule has 1 aliphatic heterocycles. The molecule has 0 amide bonds. The van der Waals surface area contributed by atoms with Gasteiger partial charge in [0.25, 0.3) is 0 Å². The first-order valence-corrected chi connectivity index (χ1v) is 7.03. The zero-order chi connectivity index (χ0) is 13.7. The summed E-state index contributed by atoms with van der Waals surface area (Å²) in [5.74, 6) is 0.993. The van der Waals surface area contributed by atoms with Crippen LogP contribution in [0.1, 0.15) is 11.1 Å². The Labute approximate surface area is 116 Å². The first-order chi connectivity index (χ1) is 9.20. The van der Waals surface area contributed by atoms with Crippen LogP contribution in [0.2, 0.25) is 0 Å². The van der Waals surface area contributed by atoms with Crippen molar-refractivity contribution in [2.75, 3.05) is 51.7 Å². The van der Waals surface area contributed by atoms with Crippen molar-refractivity contribution in [1.82, 2.24) is 10.2 Å². The van der Waals surface area contributed by atoms with Crippen LogP contribution in [0, 0.1) is 13.8 Å². The maximum Gasteiger partial charge on any atom is 0.124 e. The summed E-state index contributed by atoms with van der Waals surface area (Å²) in [4.78, 5) is 2.49. The lowest BCUT2D eigenvalue weighted by Crippen LogP contribution is -2.45. The number of anilines is 1. The molecule has 0 aromatic heterocycles. The van der Waals surface area contributed by atoms with Gasteiger partial charge < -0.3 is 15.4 Å². The van der Waals surface area contributed by atoms with Gasteiger partial charge in [-0.15, -0.1) is 0 Å². The number of nitrogens with one attached hydrogen (secondary N) is 2. The molecule has 2 rings (SSSR count). The van der Waals surface area contributed by atoms with E-state index in [1.807, 2.05) is 0 Å². The standard InChI is InChI=1S/C15H25N3O/c1-12-10-14(11-13(2)15(12)19-3)17-6-9-18-7-4-16-5-8-18/h10-11,16-17H,4-9H2,1-3H3. The Kier molecular flexibility index (Phi) is 5.05. The summed E-state index contributed by atoms with van der Waals surface area (Å²) in [6.45, 7) is 10.8. The van der Waals surface area contributed by atoms with Crippen molar-refractivity contribution in [3.63, 3.8) is 0 Å². The van der Waals surface area contributed by atoms with Crippen LogP contribution in [0.15, 0.2) is 12.1 Å². The van der Waals surface area contributed by atoms with Crippen molar-refractivity contribution in [3.8, 4) is 5.75 Å². The van der Waals surface area contributed by atoms with Crippen LogP contribution in [0.4, 0.5) is 5.69 Å². The van der Waals surface area contributed by atoms with E-state index in [9.17, 15) is 0 Å². The van der Waals surface area contributed by atoms with Crippen LogP contribution in [0.5, 0.6) is 5.75 Å². The maximum atomic E-state index is 5.39. The van der Waals surface area contributed by atoms with E-state index < -0.39 is 0 Å². The SMILES string of the molecule is COc1c(C)cc(NCCN2CCNCC2)cc1C. The van der Waals surface area contributed by atoms with Gasteiger partial charge in [-0.3, -0.25) is 4.90 Å². The van der Waals surface area contributed by atoms with Crippen LogP contribution in [-0.2, 0) is 0 Å². The Bertz CT molecular complexity index is 391. The van der Waals surface area contributed by atoms with Gasteiger partial charge >= 0.3 is 0 Å². The van der Waals surface area contributed by atoms with Gasteiger partial charge in [0, 0.05) is 45.0 Å². The van der Waals surface area contributed by atoms with E-state index in [-0.39, 0.29) is 0 Å². The summed E-state index contributed by atoms with van der Waals surface area (Å²) < 4.78 is 5.39. The second-order valence-electron chi connectivity index (χ2n) is 5.16. The molecule has 0 saturated carbocycles. The number of aryl methyl sites for hydroxylation is 2. The molecule has 19 heavy (non-hydrogen) atoms. The third-order valence-electron chi connectivity index (χ3n) is 3.63. The molecule has 1 aromatic carbocycles. The first-order valence-electron chi connectivity index (χ1n) is 7.03. The number of piperazine rings is 1. The second kappa shape index (κ2) is 6.78. The van der Waals surface area contributed by atoms with Gasteiger partial charge in [-0.25, -0.2) is 0 Å². The number of hydrogen-bond donors (Lipinski definition) is 2. The van der Waals surface area contributed by atoms with Crippen molar-refractivity contribution in [2.24, 2.45) is 0 Å². The third kappa shape index (κ3) is 3.85. The Morgan fingerprint density at radius 2 is 1.84 bits per heavy atom. The minimum Gasteiger partial charge on any atom is -0.496 e. The van der Waals surface area contributed by atoms with Crippen LogP contribution in [0.3, 0.4) is 0 Å². The highest BCUT2D eigenvalue weighted by Gasteiger charge is 2.09. The maximum absolute atomic E-state index is 5.39. The van der Waals surface area contributed by atoms with E-state index in [0.29, 0.717) is 0 Å². The Morgan fingerprint density at radius 1 is 1.21 bits per heavy atom. The highest BCUT2D eigenvalue weighted by Crippen LogP contribution is 2.26. The molecule has 1 aromatic rings. The van der Waals surface area contributed by atoms with Crippen LogP contribution in [0.25, 0.3) is 0 Å². The van der Waals surface area contributed by atoms with Gasteiger partial charge in [0.05, 0.1) is 7.11 Å². The lowest BCUT2D eigenvalue weighted by molar-refractivity contribution is 0.249. The lowest BCUT2D eigenvalue weighted by atomic mass is 10.1. The number of rotatable bonds is 5. The smallest absolute Gasteiger partial charge is 0.124 e. The van der Waals surface area contributed by atoms with Crippen molar-refractivity contribution >= 4 is 5.69 Å². The second-order valence-corrected chi connectivity index (χ2v) is 5.16. The monoisotopic (exact) mass is 263 g/mol. The molecular weight excluding hydrogens is 238 g/mol. The molecule has 0 atom stereocenters. The fraction of sp³-hybridized carbons (Fsp3) is 0.600. The van der Waals surface area contributed by atoms with Crippen LogP contribution in [-0.4, -0.2) is 51.3 Å². The molecule has 0 unspecified atom stereocenters. The highest BCUT2D eigenvalue weighted by atomic mass is 16.5. The molecular formula is C15H25N3O. The lowest BCUT2D eigenvalue weighted by Gasteiger charge is -2.27. The molecule has 2 N–H and O–H groups in total. The number of ether oxygens (including phenoxy) is 1. The molecule has 4 nitrogen and oxygen atoms in total. The van der Waals surface area contributed by atoms with Crippen LogP contribution >= 0.6 is 0 Å². The molecule has 1 aliphatic rings. The van der Waals surface area contributed by atoms with Crippen molar-refractivity contribution in [3.05, 3.63) is 23.3 Å². The number of nitrogens with zero attached hydrogens (tertiary/aromatic N) is 1. The molecule has 1 saturated heterocycles. The van der Waals surface area contributed by atoms with Crippen molar-refractivity contribution < 1.29 is 4.74 Å². The zero-order valence-corrected chi connectivity index (χ0v) is 12.3. The average molecular weight is 263 g/mol. The molecule has 0 spiro atoms. The number of hydrogen-bond acceptors (Lipinski definition) is 4. The van der Waals surface area contributed by atoms with Gasteiger partial charge in [-0.05, 0) is 37.1 Å². The molecule has 106 valence electrons. The molecule has 0 bridgehead atoms. The van der Waals surface area contributed by atoms with E-state index in [2.05, 4.69) is 41.5 Å². The molecule has 1 fully saturated rings. The van der Waals surface area contributed by atoms with Gasteiger partial charge in [-0.1, -0.05) is 0 Å². The Balaban J connectivity index is 1.85. The fourth-order valence-electron chi connectivity index (χ4n) is 2.67. The zero-order valence-electron chi connectivity index (χ0n) is 12.3. The Hall–Kier alpha value is -1.26. The van der Waals surface area contributed by atoms with Gasteiger partial charge in [-0.2, -0.15) is 0 Å². The third-order valence-corrected chi connectivity index (χ3v) is 3.63. The quantitative estimate of drug-likeness (QED) is 0.846. The number of benzene rings is 1. The van der Waals surface area contributed by atoms with E-state index in [4.69, 9.17) is 4.74 Å². The summed E-state index contributed by atoms with van der Waals surface area (Å²) in [6.07, 6.45) is 0. The van der Waals surface area contributed by atoms with E-state index >= 15 is 0 Å². The first kappa shape index (κ1) is 14.2. The van der Waals surface area contributed by atoms with Gasteiger partial charge in [0.1, 0.15) is 5.75 Å². The van der Waals surface area contributed by atoms with Gasteiger partial charge in [0.2, 0.25) is 0 Å². The summed E-state index contributed by atoms with van der Waals surface area (Å²) in [5.41, 5.74) is 3.56. The van der Waals surface area contributed by atoms with Crippen molar-refractivity contribution in [1.29, 1.82) is 0 Å². The molecule has 4 heteroatoms. The van der Waals surface area contributed by atoms with Crippen LogP contribution < -0.4 is 15.4 Å². The summed E-state index contributed by atoms with van der Waals surface area (Å²) in [5, 5.41) is 6.88. The summed E-state index contributed by atoms with van der Waals surface area (Å²) in [6, 6.07) is 4.31. The summed E-state index contributed by atoms with van der Waals surface area (Å²) >= 11 is 0. The van der Waals surface area contributed by atoms with Crippen molar-refractivity contribution in [2.45, 2.75) is 13.8 Å². The fourth-order valence-corrected chi connectivity index (χ4v) is 2.67. The molecule has 0 radical (unpaired) electrons.